The molecule has 0 spiro atoms. The third-order valence-electron chi connectivity index (χ3n) is 3.23. The molecule has 0 bridgehead atoms. The van der Waals surface area contributed by atoms with Gasteiger partial charge >= 0.3 is 0 Å². The number of rotatable bonds is 2. The van der Waals surface area contributed by atoms with E-state index in [2.05, 4.69) is 0 Å². The molecule has 2 rings (SSSR count). The monoisotopic (exact) mass is 260 g/mol. The van der Waals surface area contributed by atoms with E-state index >= 15 is 0 Å². The van der Waals surface area contributed by atoms with Crippen LogP contribution in [-0.2, 0) is 10.3 Å². The van der Waals surface area contributed by atoms with E-state index in [1.54, 1.807) is 19.1 Å². The van der Waals surface area contributed by atoms with Crippen molar-refractivity contribution >= 4 is 23.2 Å². The summed E-state index contributed by atoms with van der Waals surface area (Å²) in [7, 11) is 0. The normalized spacial score (nSPS) is 24.4. The van der Waals surface area contributed by atoms with Gasteiger partial charge in [0.05, 0.1) is 22.3 Å². The third-order valence-corrected chi connectivity index (χ3v) is 3.97. The summed E-state index contributed by atoms with van der Waals surface area (Å²) in [5.41, 5.74) is -0.123. The number of aliphatic hydroxyl groups is 1. The SMILES string of the molecule is CC(O)(c1ccc(Cl)c(Cl)c1)C1CCOC1. The van der Waals surface area contributed by atoms with Crippen LogP contribution in [0.15, 0.2) is 18.2 Å². The van der Waals surface area contributed by atoms with Crippen LogP contribution >= 0.6 is 23.2 Å². The minimum Gasteiger partial charge on any atom is -0.385 e. The Morgan fingerprint density at radius 2 is 2.12 bits per heavy atom. The first kappa shape index (κ1) is 12.2. The van der Waals surface area contributed by atoms with E-state index < -0.39 is 5.60 Å². The van der Waals surface area contributed by atoms with E-state index in [1.165, 1.54) is 0 Å². The second kappa shape index (κ2) is 4.53. The zero-order valence-electron chi connectivity index (χ0n) is 9.04. The van der Waals surface area contributed by atoms with Gasteiger partial charge in [0.2, 0.25) is 0 Å². The molecule has 16 heavy (non-hydrogen) atoms. The molecule has 1 aliphatic heterocycles. The Kier molecular flexibility index (Phi) is 3.45. The number of benzene rings is 1. The van der Waals surface area contributed by atoms with E-state index in [1.807, 2.05) is 6.07 Å². The molecule has 2 nitrogen and oxygen atoms in total. The Morgan fingerprint density at radius 3 is 2.69 bits per heavy atom. The summed E-state index contributed by atoms with van der Waals surface area (Å²) in [4.78, 5) is 0. The Hall–Kier alpha value is -0.280. The van der Waals surface area contributed by atoms with Crippen molar-refractivity contribution in [2.24, 2.45) is 5.92 Å². The maximum absolute atomic E-state index is 10.5. The second-order valence-electron chi connectivity index (χ2n) is 4.34. The summed E-state index contributed by atoms with van der Waals surface area (Å²) in [6.07, 6.45) is 0.868. The Bertz CT molecular complexity index is 385. The van der Waals surface area contributed by atoms with Crippen LogP contribution in [0.25, 0.3) is 0 Å². The number of ether oxygens (including phenoxy) is 1. The molecule has 2 unspecified atom stereocenters. The second-order valence-corrected chi connectivity index (χ2v) is 5.15. The van der Waals surface area contributed by atoms with Gasteiger partial charge in [-0.3, -0.25) is 0 Å². The summed E-state index contributed by atoms with van der Waals surface area (Å²) in [6.45, 7) is 3.10. The van der Waals surface area contributed by atoms with Crippen LogP contribution in [0.4, 0.5) is 0 Å². The summed E-state index contributed by atoms with van der Waals surface area (Å²) in [5.74, 6) is 0.116. The lowest BCUT2D eigenvalue weighted by molar-refractivity contribution is -0.00970. The number of hydrogen-bond donors (Lipinski definition) is 1. The lowest BCUT2D eigenvalue weighted by atomic mass is 9.82. The summed E-state index contributed by atoms with van der Waals surface area (Å²) >= 11 is 11.8. The Morgan fingerprint density at radius 1 is 1.38 bits per heavy atom. The van der Waals surface area contributed by atoms with Gasteiger partial charge in [0.1, 0.15) is 0 Å². The van der Waals surface area contributed by atoms with E-state index in [-0.39, 0.29) is 5.92 Å². The molecule has 0 saturated carbocycles. The quantitative estimate of drug-likeness (QED) is 0.885. The first-order chi connectivity index (χ1) is 7.51. The highest BCUT2D eigenvalue weighted by Gasteiger charge is 2.36. The maximum Gasteiger partial charge on any atom is 0.0919 e. The molecule has 1 heterocycles. The van der Waals surface area contributed by atoms with Crippen molar-refractivity contribution in [2.75, 3.05) is 13.2 Å². The number of hydrogen-bond acceptors (Lipinski definition) is 2. The van der Waals surface area contributed by atoms with Crippen molar-refractivity contribution in [3.05, 3.63) is 33.8 Å². The molecule has 0 radical (unpaired) electrons. The summed E-state index contributed by atoms with van der Waals surface area (Å²) < 4.78 is 5.30. The van der Waals surface area contributed by atoms with Gasteiger partial charge in [0, 0.05) is 12.5 Å². The van der Waals surface area contributed by atoms with Gasteiger partial charge in [-0.1, -0.05) is 29.3 Å². The fourth-order valence-electron chi connectivity index (χ4n) is 2.02. The van der Waals surface area contributed by atoms with Crippen molar-refractivity contribution < 1.29 is 9.84 Å². The zero-order chi connectivity index (χ0) is 11.8. The number of halogens is 2. The van der Waals surface area contributed by atoms with Crippen molar-refractivity contribution in [1.82, 2.24) is 0 Å². The predicted octanol–water partition coefficient (Wildman–Crippen LogP) is 3.24. The van der Waals surface area contributed by atoms with Gasteiger partial charge in [-0.05, 0) is 31.0 Å². The van der Waals surface area contributed by atoms with E-state index in [4.69, 9.17) is 27.9 Å². The van der Waals surface area contributed by atoms with Gasteiger partial charge in [0.15, 0.2) is 0 Å². The minimum absolute atomic E-state index is 0.116. The Labute approximate surface area is 105 Å². The van der Waals surface area contributed by atoms with Gasteiger partial charge in [-0.15, -0.1) is 0 Å². The highest BCUT2D eigenvalue weighted by molar-refractivity contribution is 6.42. The van der Waals surface area contributed by atoms with Crippen molar-refractivity contribution in [3.8, 4) is 0 Å². The maximum atomic E-state index is 10.5. The van der Waals surface area contributed by atoms with Gasteiger partial charge in [-0.2, -0.15) is 0 Å². The van der Waals surface area contributed by atoms with Crippen LogP contribution in [0.2, 0.25) is 10.0 Å². The molecule has 1 N–H and O–H groups in total. The fourth-order valence-corrected chi connectivity index (χ4v) is 2.32. The van der Waals surface area contributed by atoms with Gasteiger partial charge < -0.3 is 9.84 Å². The minimum atomic E-state index is -0.912. The van der Waals surface area contributed by atoms with E-state index in [0.717, 1.165) is 12.0 Å². The summed E-state index contributed by atoms with van der Waals surface area (Å²) in [6, 6.07) is 5.25. The molecule has 0 aliphatic carbocycles. The fraction of sp³-hybridized carbons (Fsp3) is 0.500. The summed E-state index contributed by atoms with van der Waals surface area (Å²) in [5, 5.41) is 11.5. The zero-order valence-corrected chi connectivity index (χ0v) is 10.6. The van der Waals surface area contributed by atoms with E-state index in [0.29, 0.717) is 23.3 Å². The molecule has 1 saturated heterocycles. The van der Waals surface area contributed by atoms with Crippen LogP contribution in [0.3, 0.4) is 0 Å². The topological polar surface area (TPSA) is 29.5 Å². The van der Waals surface area contributed by atoms with Crippen molar-refractivity contribution in [3.63, 3.8) is 0 Å². The smallest absolute Gasteiger partial charge is 0.0919 e. The highest BCUT2D eigenvalue weighted by atomic mass is 35.5. The van der Waals surface area contributed by atoms with Crippen LogP contribution in [0.1, 0.15) is 18.9 Å². The molecule has 1 aromatic carbocycles. The van der Waals surface area contributed by atoms with Gasteiger partial charge in [-0.25, -0.2) is 0 Å². The van der Waals surface area contributed by atoms with E-state index in [9.17, 15) is 5.11 Å². The average Bonchev–Trinajstić information content (AvgIpc) is 2.75. The molecule has 88 valence electrons. The van der Waals surface area contributed by atoms with Crippen LogP contribution < -0.4 is 0 Å². The first-order valence-corrected chi connectivity index (χ1v) is 6.03. The molecular weight excluding hydrogens is 247 g/mol. The molecule has 0 amide bonds. The third kappa shape index (κ3) is 2.21. The molecule has 0 aromatic heterocycles. The lowest BCUT2D eigenvalue weighted by Crippen LogP contribution is -2.32. The molecule has 1 fully saturated rings. The van der Waals surface area contributed by atoms with Crippen molar-refractivity contribution in [2.45, 2.75) is 18.9 Å². The average molecular weight is 261 g/mol. The highest BCUT2D eigenvalue weighted by Crippen LogP contribution is 2.36. The van der Waals surface area contributed by atoms with Crippen LogP contribution in [0.5, 0.6) is 0 Å². The van der Waals surface area contributed by atoms with Gasteiger partial charge in [0.25, 0.3) is 0 Å². The van der Waals surface area contributed by atoms with Crippen LogP contribution in [-0.4, -0.2) is 18.3 Å². The lowest BCUT2D eigenvalue weighted by Gasteiger charge is -2.29. The largest absolute Gasteiger partial charge is 0.385 e. The molecule has 4 heteroatoms. The molecular formula is C12H14Cl2O2. The predicted molar refractivity (Wildman–Crippen MR) is 65.0 cm³/mol. The molecule has 1 aliphatic rings. The van der Waals surface area contributed by atoms with Crippen molar-refractivity contribution in [1.29, 1.82) is 0 Å². The standard InChI is InChI=1S/C12H14Cl2O2/c1-12(15,9-4-5-16-7-9)8-2-3-10(13)11(14)6-8/h2-3,6,9,15H,4-5,7H2,1H3. The Balaban J connectivity index is 2.30. The molecule has 1 aromatic rings. The first-order valence-electron chi connectivity index (χ1n) is 5.27. The van der Waals surface area contributed by atoms with Crippen LogP contribution in [0, 0.1) is 5.92 Å². The molecule has 2 atom stereocenters.